The van der Waals surface area contributed by atoms with Crippen LogP contribution in [0.2, 0.25) is 0 Å². The molecular weight excluding hydrogens is 294 g/mol. The lowest BCUT2D eigenvalue weighted by Crippen LogP contribution is -2.51. The molecule has 0 radical (unpaired) electrons. The van der Waals surface area contributed by atoms with E-state index in [-0.39, 0.29) is 13.0 Å². The summed E-state index contributed by atoms with van der Waals surface area (Å²) in [5, 5.41) is 11.7. The van der Waals surface area contributed by atoms with Crippen LogP contribution in [0.1, 0.15) is 52.4 Å². The lowest BCUT2D eigenvalue weighted by atomic mass is 9.71. The molecule has 0 saturated heterocycles. The Morgan fingerprint density at radius 1 is 1.19 bits per heavy atom. The SMILES string of the molecule is CC(C)(C(=O)NCC1(CC(=O)O)CCCCC1)S(C)(=O)=O. The summed E-state index contributed by atoms with van der Waals surface area (Å²) >= 11 is 0. The van der Waals surface area contributed by atoms with Crippen molar-refractivity contribution in [3.05, 3.63) is 0 Å². The Kier molecular flexibility index (Phi) is 5.41. The van der Waals surface area contributed by atoms with Crippen molar-refractivity contribution in [3.63, 3.8) is 0 Å². The fraction of sp³-hybridized carbons (Fsp3) is 0.857. The van der Waals surface area contributed by atoms with Gasteiger partial charge in [-0.15, -0.1) is 0 Å². The zero-order valence-electron chi connectivity index (χ0n) is 12.9. The number of hydrogen-bond donors (Lipinski definition) is 2. The van der Waals surface area contributed by atoms with Crippen LogP contribution in [-0.2, 0) is 19.4 Å². The lowest BCUT2D eigenvalue weighted by Gasteiger charge is -2.37. The monoisotopic (exact) mass is 319 g/mol. The van der Waals surface area contributed by atoms with E-state index >= 15 is 0 Å². The average molecular weight is 319 g/mol. The van der Waals surface area contributed by atoms with Crippen molar-refractivity contribution < 1.29 is 23.1 Å². The molecule has 6 nitrogen and oxygen atoms in total. The first kappa shape index (κ1) is 17.9. The minimum atomic E-state index is -3.53. The number of nitrogens with one attached hydrogen (secondary N) is 1. The van der Waals surface area contributed by atoms with E-state index in [4.69, 9.17) is 5.11 Å². The summed E-state index contributed by atoms with van der Waals surface area (Å²) in [5.41, 5.74) is -0.451. The first-order valence-corrected chi connectivity index (χ1v) is 9.09. The number of aliphatic carboxylic acids is 1. The molecule has 21 heavy (non-hydrogen) atoms. The number of carbonyl (C=O) groups is 2. The molecule has 1 aliphatic carbocycles. The van der Waals surface area contributed by atoms with Crippen LogP contribution in [0.4, 0.5) is 0 Å². The first-order valence-electron chi connectivity index (χ1n) is 7.20. The topological polar surface area (TPSA) is 101 Å². The molecule has 1 aliphatic rings. The fourth-order valence-corrected chi connectivity index (χ4v) is 3.10. The van der Waals surface area contributed by atoms with Gasteiger partial charge < -0.3 is 10.4 Å². The Morgan fingerprint density at radius 3 is 2.14 bits per heavy atom. The van der Waals surface area contributed by atoms with Gasteiger partial charge in [-0.25, -0.2) is 8.42 Å². The highest BCUT2D eigenvalue weighted by Gasteiger charge is 2.41. The third-order valence-electron chi connectivity index (χ3n) is 4.54. The maximum absolute atomic E-state index is 12.1. The van der Waals surface area contributed by atoms with Crippen LogP contribution in [0, 0.1) is 5.41 Å². The van der Waals surface area contributed by atoms with Crippen molar-refractivity contribution in [1.82, 2.24) is 5.32 Å². The predicted octanol–water partition coefficient (Wildman–Crippen LogP) is 1.35. The van der Waals surface area contributed by atoms with Crippen LogP contribution >= 0.6 is 0 Å². The number of hydrogen-bond acceptors (Lipinski definition) is 4. The van der Waals surface area contributed by atoms with Gasteiger partial charge in [-0.3, -0.25) is 9.59 Å². The zero-order chi connectivity index (χ0) is 16.3. The highest BCUT2D eigenvalue weighted by molar-refractivity contribution is 7.92. The summed E-state index contributed by atoms with van der Waals surface area (Å²) in [5.74, 6) is -1.45. The molecule has 1 fully saturated rings. The molecule has 7 heteroatoms. The lowest BCUT2D eigenvalue weighted by molar-refractivity contribution is -0.140. The highest BCUT2D eigenvalue weighted by Crippen LogP contribution is 2.39. The largest absolute Gasteiger partial charge is 0.481 e. The van der Waals surface area contributed by atoms with E-state index in [1.807, 2.05) is 0 Å². The van der Waals surface area contributed by atoms with Crippen molar-refractivity contribution in [2.45, 2.75) is 57.1 Å². The summed E-state index contributed by atoms with van der Waals surface area (Å²) in [6.07, 6.45) is 5.49. The van der Waals surface area contributed by atoms with Gasteiger partial charge in [-0.1, -0.05) is 19.3 Å². The van der Waals surface area contributed by atoms with Crippen LogP contribution in [0.5, 0.6) is 0 Å². The summed E-state index contributed by atoms with van der Waals surface area (Å²) in [6, 6.07) is 0. The van der Waals surface area contributed by atoms with E-state index in [0.29, 0.717) is 0 Å². The Labute approximate surface area is 126 Å². The van der Waals surface area contributed by atoms with Gasteiger partial charge in [0.25, 0.3) is 0 Å². The first-order chi connectivity index (χ1) is 9.50. The van der Waals surface area contributed by atoms with Gasteiger partial charge in [-0.05, 0) is 32.1 Å². The summed E-state index contributed by atoms with van der Waals surface area (Å²) in [7, 11) is -3.53. The van der Waals surface area contributed by atoms with Crippen molar-refractivity contribution >= 4 is 21.7 Å². The molecule has 0 unspecified atom stereocenters. The zero-order valence-corrected chi connectivity index (χ0v) is 13.8. The van der Waals surface area contributed by atoms with E-state index in [1.54, 1.807) is 0 Å². The number of carbonyl (C=O) groups excluding carboxylic acids is 1. The summed E-state index contributed by atoms with van der Waals surface area (Å²) in [6.45, 7) is 2.95. The number of carboxylic acid groups (broad SMARTS) is 1. The molecule has 0 aliphatic heterocycles. The molecular formula is C14H25NO5S. The van der Waals surface area contributed by atoms with E-state index in [2.05, 4.69) is 5.32 Å². The van der Waals surface area contributed by atoms with Gasteiger partial charge in [0, 0.05) is 12.8 Å². The summed E-state index contributed by atoms with van der Waals surface area (Å²) < 4.78 is 21.8. The van der Waals surface area contributed by atoms with Crippen molar-refractivity contribution in [2.75, 3.05) is 12.8 Å². The Bertz CT molecular complexity index is 503. The molecule has 0 aromatic heterocycles. The van der Waals surface area contributed by atoms with Crippen LogP contribution in [0.25, 0.3) is 0 Å². The van der Waals surface area contributed by atoms with Gasteiger partial charge in [-0.2, -0.15) is 0 Å². The van der Waals surface area contributed by atoms with E-state index in [9.17, 15) is 18.0 Å². The second-order valence-corrected chi connectivity index (χ2v) is 9.16. The quantitative estimate of drug-likeness (QED) is 0.769. The third kappa shape index (κ3) is 4.43. The molecule has 1 saturated carbocycles. The van der Waals surface area contributed by atoms with Gasteiger partial charge in [0.1, 0.15) is 4.75 Å². The molecule has 122 valence electrons. The molecule has 1 amide bonds. The van der Waals surface area contributed by atoms with Crippen LogP contribution in [0.3, 0.4) is 0 Å². The fourth-order valence-electron chi connectivity index (χ4n) is 2.69. The van der Waals surface area contributed by atoms with Gasteiger partial charge in [0.15, 0.2) is 9.84 Å². The maximum Gasteiger partial charge on any atom is 0.303 e. The second kappa shape index (κ2) is 6.34. The minimum absolute atomic E-state index is 0.00653. The Morgan fingerprint density at radius 2 is 1.71 bits per heavy atom. The normalized spacial score (nSPS) is 19.0. The molecule has 0 heterocycles. The molecule has 0 spiro atoms. The van der Waals surface area contributed by atoms with Crippen LogP contribution in [-0.4, -0.2) is 42.9 Å². The van der Waals surface area contributed by atoms with Crippen LogP contribution in [0.15, 0.2) is 0 Å². The smallest absolute Gasteiger partial charge is 0.303 e. The second-order valence-electron chi connectivity index (χ2n) is 6.60. The van der Waals surface area contributed by atoms with Gasteiger partial charge >= 0.3 is 5.97 Å². The number of amides is 1. The van der Waals surface area contributed by atoms with Crippen molar-refractivity contribution in [2.24, 2.45) is 5.41 Å². The number of carboxylic acids is 1. The molecule has 0 aromatic rings. The molecule has 0 aromatic carbocycles. The standard InChI is InChI=1S/C14H25NO5S/c1-13(2,21(3,19)20)12(18)15-10-14(9-11(16)17)7-5-4-6-8-14/h4-10H2,1-3H3,(H,15,18)(H,16,17). The Hall–Kier alpha value is -1.11. The third-order valence-corrected chi connectivity index (χ3v) is 6.58. The summed E-state index contributed by atoms with van der Waals surface area (Å²) in [4.78, 5) is 23.2. The van der Waals surface area contributed by atoms with Crippen molar-refractivity contribution in [3.8, 4) is 0 Å². The van der Waals surface area contributed by atoms with E-state index in [0.717, 1.165) is 38.4 Å². The predicted molar refractivity (Wildman–Crippen MR) is 79.7 cm³/mol. The van der Waals surface area contributed by atoms with E-state index in [1.165, 1.54) is 13.8 Å². The Balaban J connectivity index is 2.78. The van der Waals surface area contributed by atoms with Gasteiger partial charge in [0.2, 0.25) is 5.91 Å². The number of sulfone groups is 1. The number of rotatable bonds is 6. The van der Waals surface area contributed by atoms with Crippen molar-refractivity contribution in [1.29, 1.82) is 0 Å². The molecule has 0 atom stereocenters. The molecule has 2 N–H and O–H groups in total. The maximum atomic E-state index is 12.1. The molecule has 1 rings (SSSR count). The minimum Gasteiger partial charge on any atom is -0.481 e. The molecule has 0 bridgehead atoms. The van der Waals surface area contributed by atoms with Crippen LogP contribution < -0.4 is 5.32 Å². The van der Waals surface area contributed by atoms with E-state index < -0.39 is 31.9 Å². The van der Waals surface area contributed by atoms with Gasteiger partial charge in [0.05, 0.1) is 6.42 Å². The average Bonchev–Trinajstić information content (AvgIpc) is 2.35. The highest BCUT2D eigenvalue weighted by atomic mass is 32.2.